The average Bonchev–Trinajstić information content (AvgIpc) is 2.14. The van der Waals surface area contributed by atoms with Gasteiger partial charge in [-0.2, -0.15) is 0 Å². The minimum absolute atomic E-state index is 0.304. The first-order valence-corrected chi connectivity index (χ1v) is 2.07. The molecule has 4 nitrogen and oxygen atoms in total. The number of methoxy groups -OCH3 is 1. The minimum Gasteiger partial charge on any atom is -0.481 e. The largest absolute Gasteiger partial charge is 0.481 e. The SMILES string of the molecule is COc1[c][nH]c(=O)[nH]1. The van der Waals surface area contributed by atoms with E-state index in [-0.39, 0.29) is 5.69 Å². The number of ether oxygens (including phenoxy) is 1. The molecule has 0 saturated carbocycles. The summed E-state index contributed by atoms with van der Waals surface area (Å²) in [5.41, 5.74) is -0.304. The Morgan fingerprint density at radius 1 is 1.75 bits per heavy atom. The fourth-order valence-electron chi connectivity index (χ4n) is 0.381. The Hall–Kier alpha value is -1.19. The van der Waals surface area contributed by atoms with Gasteiger partial charge in [-0.25, -0.2) is 4.79 Å². The van der Waals surface area contributed by atoms with Crippen molar-refractivity contribution in [2.75, 3.05) is 7.11 Å². The molecular formula is C4H5N2O2. The molecule has 0 atom stereocenters. The third-order valence-electron chi connectivity index (χ3n) is 0.721. The van der Waals surface area contributed by atoms with Crippen LogP contribution in [0, 0.1) is 6.20 Å². The summed E-state index contributed by atoms with van der Waals surface area (Å²) in [7, 11) is 1.45. The highest BCUT2D eigenvalue weighted by Crippen LogP contribution is 1.92. The maximum absolute atomic E-state index is 10.2. The Morgan fingerprint density at radius 2 is 2.50 bits per heavy atom. The van der Waals surface area contributed by atoms with Crippen molar-refractivity contribution in [3.8, 4) is 5.88 Å². The predicted molar refractivity (Wildman–Crippen MR) is 26.8 cm³/mol. The van der Waals surface area contributed by atoms with E-state index in [4.69, 9.17) is 0 Å². The molecule has 0 saturated heterocycles. The molecule has 1 aromatic heterocycles. The molecule has 1 aromatic rings. The molecule has 2 N–H and O–H groups in total. The second-order valence-electron chi connectivity index (χ2n) is 1.24. The maximum atomic E-state index is 10.2. The van der Waals surface area contributed by atoms with E-state index < -0.39 is 0 Å². The van der Waals surface area contributed by atoms with Crippen molar-refractivity contribution in [2.45, 2.75) is 0 Å². The van der Waals surface area contributed by atoms with Crippen LogP contribution in [0.1, 0.15) is 0 Å². The summed E-state index contributed by atoms with van der Waals surface area (Å²) in [6.45, 7) is 0. The maximum Gasteiger partial charge on any atom is 0.326 e. The molecule has 0 spiro atoms. The molecule has 0 aliphatic heterocycles. The van der Waals surface area contributed by atoms with Gasteiger partial charge in [0.15, 0.2) is 0 Å². The van der Waals surface area contributed by atoms with Gasteiger partial charge in [0.2, 0.25) is 5.88 Å². The molecule has 1 rings (SSSR count). The Labute approximate surface area is 45.5 Å². The number of aromatic nitrogens is 2. The van der Waals surface area contributed by atoms with Crippen molar-refractivity contribution < 1.29 is 4.74 Å². The standard InChI is InChI=1S/C4H5N2O2/c1-8-3-2-5-4(7)6-3/h1H3,(H2,5,6,7). The van der Waals surface area contributed by atoms with E-state index in [0.717, 1.165) is 0 Å². The Morgan fingerprint density at radius 3 is 2.75 bits per heavy atom. The van der Waals surface area contributed by atoms with E-state index in [1.807, 2.05) is 0 Å². The summed E-state index contributed by atoms with van der Waals surface area (Å²) in [6, 6.07) is 0. The van der Waals surface area contributed by atoms with E-state index in [1.54, 1.807) is 0 Å². The van der Waals surface area contributed by atoms with E-state index in [1.165, 1.54) is 7.11 Å². The molecule has 0 amide bonds. The minimum atomic E-state index is -0.304. The van der Waals surface area contributed by atoms with Crippen LogP contribution >= 0.6 is 0 Å². The van der Waals surface area contributed by atoms with Crippen molar-refractivity contribution in [3.05, 3.63) is 16.7 Å². The number of aromatic amines is 2. The average molecular weight is 113 g/mol. The van der Waals surface area contributed by atoms with Crippen LogP contribution < -0.4 is 10.4 Å². The van der Waals surface area contributed by atoms with Crippen LogP contribution in [-0.2, 0) is 0 Å². The van der Waals surface area contributed by atoms with Gasteiger partial charge in [-0.3, -0.25) is 4.98 Å². The van der Waals surface area contributed by atoms with Crippen LogP contribution in [0.15, 0.2) is 4.79 Å². The highest BCUT2D eigenvalue weighted by Gasteiger charge is 1.89. The van der Waals surface area contributed by atoms with Crippen molar-refractivity contribution in [1.82, 2.24) is 9.97 Å². The molecule has 8 heavy (non-hydrogen) atoms. The number of H-pyrrole nitrogens is 2. The van der Waals surface area contributed by atoms with Crippen molar-refractivity contribution in [2.24, 2.45) is 0 Å². The van der Waals surface area contributed by atoms with E-state index in [9.17, 15) is 4.79 Å². The van der Waals surface area contributed by atoms with Crippen LogP contribution in [0.3, 0.4) is 0 Å². The zero-order chi connectivity index (χ0) is 5.98. The van der Waals surface area contributed by atoms with Crippen LogP contribution in [0.4, 0.5) is 0 Å². The number of imidazole rings is 1. The molecule has 43 valence electrons. The molecule has 0 unspecified atom stereocenters. The van der Waals surface area contributed by atoms with Crippen molar-refractivity contribution in [1.29, 1.82) is 0 Å². The smallest absolute Gasteiger partial charge is 0.326 e. The molecular weight excluding hydrogens is 108 g/mol. The molecule has 0 aromatic carbocycles. The summed E-state index contributed by atoms with van der Waals surface area (Å²) in [6.07, 6.45) is 2.44. The van der Waals surface area contributed by atoms with Crippen LogP contribution in [-0.4, -0.2) is 17.1 Å². The molecule has 0 bridgehead atoms. The topological polar surface area (TPSA) is 57.9 Å². The number of nitrogens with one attached hydrogen (secondary N) is 2. The highest BCUT2D eigenvalue weighted by molar-refractivity contribution is 4.98. The number of rotatable bonds is 1. The summed E-state index contributed by atoms with van der Waals surface area (Å²) in [5, 5.41) is 0. The third-order valence-corrected chi connectivity index (χ3v) is 0.721. The molecule has 4 heteroatoms. The number of hydrogen-bond donors (Lipinski definition) is 2. The normalized spacial score (nSPS) is 9.12. The zero-order valence-electron chi connectivity index (χ0n) is 4.32. The van der Waals surface area contributed by atoms with Crippen LogP contribution in [0.5, 0.6) is 5.88 Å². The lowest BCUT2D eigenvalue weighted by Gasteiger charge is -1.85. The van der Waals surface area contributed by atoms with E-state index in [0.29, 0.717) is 5.88 Å². The van der Waals surface area contributed by atoms with Gasteiger partial charge in [0, 0.05) is 0 Å². The van der Waals surface area contributed by atoms with E-state index in [2.05, 4.69) is 20.9 Å². The summed E-state index contributed by atoms with van der Waals surface area (Å²) >= 11 is 0. The van der Waals surface area contributed by atoms with Gasteiger partial charge in [0.05, 0.1) is 7.11 Å². The Balaban J connectivity index is 3.01. The zero-order valence-corrected chi connectivity index (χ0v) is 4.32. The first kappa shape index (κ1) is 4.96. The number of hydrogen-bond acceptors (Lipinski definition) is 2. The van der Waals surface area contributed by atoms with Crippen molar-refractivity contribution in [3.63, 3.8) is 0 Å². The first-order valence-electron chi connectivity index (χ1n) is 2.07. The lowest BCUT2D eigenvalue weighted by molar-refractivity contribution is 0.398. The fourth-order valence-corrected chi connectivity index (χ4v) is 0.381. The van der Waals surface area contributed by atoms with Gasteiger partial charge in [-0.1, -0.05) is 0 Å². The van der Waals surface area contributed by atoms with Gasteiger partial charge in [-0.05, 0) is 0 Å². The van der Waals surface area contributed by atoms with Crippen LogP contribution in [0.2, 0.25) is 0 Å². The quantitative estimate of drug-likeness (QED) is 0.516. The van der Waals surface area contributed by atoms with Gasteiger partial charge in [0.1, 0.15) is 6.20 Å². The van der Waals surface area contributed by atoms with Crippen LogP contribution in [0.25, 0.3) is 0 Å². The van der Waals surface area contributed by atoms with Crippen molar-refractivity contribution >= 4 is 0 Å². The summed E-state index contributed by atoms with van der Waals surface area (Å²) < 4.78 is 4.59. The summed E-state index contributed by atoms with van der Waals surface area (Å²) in [4.78, 5) is 14.8. The molecule has 0 aliphatic carbocycles. The second-order valence-corrected chi connectivity index (χ2v) is 1.24. The van der Waals surface area contributed by atoms with Gasteiger partial charge in [0.25, 0.3) is 0 Å². The highest BCUT2D eigenvalue weighted by atomic mass is 16.5. The second kappa shape index (κ2) is 1.73. The molecule has 0 aliphatic rings. The lowest BCUT2D eigenvalue weighted by Crippen LogP contribution is -1.99. The molecule has 1 radical (unpaired) electrons. The van der Waals surface area contributed by atoms with Gasteiger partial charge < -0.3 is 9.72 Å². The third kappa shape index (κ3) is 0.726. The summed E-state index contributed by atoms with van der Waals surface area (Å²) in [5.74, 6) is 0.329. The molecule has 1 heterocycles. The Kier molecular flexibility index (Phi) is 1.07. The first-order chi connectivity index (χ1) is 3.83. The van der Waals surface area contributed by atoms with Gasteiger partial charge >= 0.3 is 5.69 Å². The fraction of sp³-hybridized carbons (Fsp3) is 0.250. The lowest BCUT2D eigenvalue weighted by atomic mass is 10.9. The Bertz CT molecular complexity index is 212. The van der Waals surface area contributed by atoms with E-state index >= 15 is 0 Å². The predicted octanol–water partition coefficient (Wildman–Crippen LogP) is -0.488. The monoisotopic (exact) mass is 113 g/mol. The van der Waals surface area contributed by atoms with Gasteiger partial charge in [-0.15, -0.1) is 0 Å². The molecule has 0 fully saturated rings.